The first kappa shape index (κ1) is 15.0. The highest BCUT2D eigenvalue weighted by Crippen LogP contribution is 2.18. The third kappa shape index (κ3) is 4.02. The Bertz CT molecular complexity index is 601. The molecule has 0 aromatic heterocycles. The number of nitriles is 1. The number of nitrogens with zero attached hydrogens (tertiary/aromatic N) is 1. The molecule has 1 saturated carbocycles. The van der Waals surface area contributed by atoms with E-state index in [0.717, 1.165) is 44.0 Å². The zero-order chi connectivity index (χ0) is 15.2. The van der Waals surface area contributed by atoms with E-state index in [1.807, 2.05) is 0 Å². The summed E-state index contributed by atoms with van der Waals surface area (Å²) < 4.78 is 26.2. The number of anilines is 1. The lowest BCUT2D eigenvalue weighted by molar-refractivity contribution is -0.117. The van der Waals surface area contributed by atoms with Crippen molar-refractivity contribution in [3.63, 3.8) is 0 Å². The smallest absolute Gasteiger partial charge is 0.263 e. The quantitative estimate of drug-likeness (QED) is 0.662. The van der Waals surface area contributed by atoms with Gasteiger partial charge < -0.3 is 10.6 Å². The van der Waals surface area contributed by atoms with Gasteiger partial charge in [0.25, 0.3) is 5.91 Å². The van der Waals surface area contributed by atoms with Gasteiger partial charge in [0.1, 0.15) is 23.3 Å². The van der Waals surface area contributed by atoms with Crippen LogP contribution < -0.4 is 10.6 Å². The van der Waals surface area contributed by atoms with E-state index in [4.69, 9.17) is 5.26 Å². The average molecular weight is 291 g/mol. The summed E-state index contributed by atoms with van der Waals surface area (Å²) >= 11 is 0. The number of nitrogens with one attached hydrogen (secondary N) is 2. The predicted molar refractivity (Wildman–Crippen MR) is 74.1 cm³/mol. The summed E-state index contributed by atoms with van der Waals surface area (Å²) in [6.45, 7) is 0. The molecule has 0 heterocycles. The minimum Gasteiger partial charge on any atom is -0.358 e. The van der Waals surface area contributed by atoms with Crippen LogP contribution in [0, 0.1) is 23.0 Å². The maximum Gasteiger partial charge on any atom is 0.263 e. The number of amides is 1. The molecule has 1 aromatic carbocycles. The van der Waals surface area contributed by atoms with Crippen LogP contribution in [0.25, 0.3) is 0 Å². The van der Waals surface area contributed by atoms with Crippen LogP contribution in [0.15, 0.2) is 30.0 Å². The van der Waals surface area contributed by atoms with Crippen molar-refractivity contribution in [1.82, 2.24) is 5.32 Å². The van der Waals surface area contributed by atoms with Gasteiger partial charge in [0.15, 0.2) is 0 Å². The first-order chi connectivity index (χ1) is 10.1. The van der Waals surface area contributed by atoms with Crippen LogP contribution in [0.1, 0.15) is 25.7 Å². The minimum atomic E-state index is -0.792. The third-order valence-electron chi connectivity index (χ3n) is 3.36. The van der Waals surface area contributed by atoms with Crippen molar-refractivity contribution < 1.29 is 13.6 Å². The Morgan fingerprint density at radius 2 is 2.05 bits per heavy atom. The van der Waals surface area contributed by atoms with E-state index < -0.39 is 17.5 Å². The molecule has 1 fully saturated rings. The van der Waals surface area contributed by atoms with Crippen molar-refractivity contribution >= 4 is 11.6 Å². The molecule has 21 heavy (non-hydrogen) atoms. The number of rotatable bonds is 4. The summed E-state index contributed by atoms with van der Waals surface area (Å²) in [6, 6.07) is 4.87. The van der Waals surface area contributed by atoms with Gasteiger partial charge in [0.05, 0.1) is 5.69 Å². The SMILES string of the molecule is N#C/C(=C/Nc1ccc(F)cc1F)C(=O)NC1CCCC1. The average Bonchev–Trinajstić information content (AvgIpc) is 2.94. The second-order valence-electron chi connectivity index (χ2n) is 4.89. The third-order valence-corrected chi connectivity index (χ3v) is 3.36. The van der Waals surface area contributed by atoms with Crippen LogP contribution in [-0.2, 0) is 4.79 Å². The standard InChI is InChI=1S/C15H15F2N3O/c16-11-5-6-14(13(17)7-11)19-9-10(8-18)15(21)20-12-3-1-2-4-12/h5-7,9,12,19H,1-4H2,(H,20,21)/b10-9-. The Morgan fingerprint density at radius 1 is 1.33 bits per heavy atom. The maximum atomic E-state index is 13.4. The second-order valence-corrected chi connectivity index (χ2v) is 4.89. The molecule has 0 aliphatic heterocycles. The molecule has 2 rings (SSSR count). The lowest BCUT2D eigenvalue weighted by Gasteiger charge is -2.11. The molecule has 1 aliphatic carbocycles. The van der Waals surface area contributed by atoms with E-state index >= 15 is 0 Å². The van der Waals surface area contributed by atoms with Crippen LogP contribution >= 0.6 is 0 Å². The Kier molecular flexibility index (Phi) is 4.88. The zero-order valence-corrected chi connectivity index (χ0v) is 11.3. The Labute approximate surface area is 121 Å². The van der Waals surface area contributed by atoms with Crippen LogP contribution in [0.2, 0.25) is 0 Å². The molecule has 110 valence electrons. The van der Waals surface area contributed by atoms with Crippen molar-refractivity contribution in [2.75, 3.05) is 5.32 Å². The van der Waals surface area contributed by atoms with Crippen LogP contribution in [-0.4, -0.2) is 11.9 Å². The first-order valence-corrected chi connectivity index (χ1v) is 6.73. The summed E-state index contributed by atoms with van der Waals surface area (Å²) in [7, 11) is 0. The molecule has 4 nitrogen and oxygen atoms in total. The largest absolute Gasteiger partial charge is 0.358 e. The molecule has 1 aliphatic rings. The highest BCUT2D eigenvalue weighted by Gasteiger charge is 2.19. The van der Waals surface area contributed by atoms with Gasteiger partial charge in [-0.2, -0.15) is 5.26 Å². The summed E-state index contributed by atoms with van der Waals surface area (Å²) in [6.07, 6.45) is 5.07. The molecule has 2 N–H and O–H groups in total. The van der Waals surface area contributed by atoms with E-state index in [-0.39, 0.29) is 17.3 Å². The fourth-order valence-corrected chi connectivity index (χ4v) is 2.24. The lowest BCUT2D eigenvalue weighted by atomic mass is 10.2. The molecule has 0 atom stereocenters. The van der Waals surface area contributed by atoms with Crippen molar-refractivity contribution in [3.05, 3.63) is 41.6 Å². The number of carbonyl (C=O) groups excluding carboxylic acids is 1. The number of hydrogen-bond acceptors (Lipinski definition) is 3. The summed E-state index contributed by atoms with van der Waals surface area (Å²) in [5.41, 5.74) is -0.150. The zero-order valence-electron chi connectivity index (χ0n) is 11.3. The van der Waals surface area contributed by atoms with Crippen LogP contribution in [0.3, 0.4) is 0 Å². The topological polar surface area (TPSA) is 64.9 Å². The van der Waals surface area contributed by atoms with Crippen LogP contribution in [0.4, 0.5) is 14.5 Å². The van der Waals surface area contributed by atoms with Gasteiger partial charge >= 0.3 is 0 Å². The molecule has 0 bridgehead atoms. The summed E-state index contributed by atoms with van der Waals surface area (Å²) in [5.74, 6) is -1.97. The maximum absolute atomic E-state index is 13.4. The lowest BCUT2D eigenvalue weighted by Crippen LogP contribution is -2.33. The monoisotopic (exact) mass is 291 g/mol. The highest BCUT2D eigenvalue weighted by atomic mass is 19.1. The van der Waals surface area contributed by atoms with E-state index in [0.29, 0.717) is 0 Å². The molecular formula is C15H15F2N3O. The highest BCUT2D eigenvalue weighted by molar-refractivity contribution is 5.97. The fourth-order valence-electron chi connectivity index (χ4n) is 2.24. The normalized spacial score (nSPS) is 15.6. The van der Waals surface area contributed by atoms with Gasteiger partial charge in [-0.3, -0.25) is 4.79 Å². The molecule has 1 amide bonds. The van der Waals surface area contributed by atoms with Gasteiger partial charge in [0.2, 0.25) is 0 Å². The first-order valence-electron chi connectivity index (χ1n) is 6.73. The summed E-state index contributed by atoms with van der Waals surface area (Å²) in [5, 5.41) is 14.3. The van der Waals surface area contributed by atoms with Crippen molar-refractivity contribution in [2.45, 2.75) is 31.7 Å². The molecule has 0 spiro atoms. The molecule has 1 aromatic rings. The van der Waals surface area contributed by atoms with Gasteiger partial charge in [-0.15, -0.1) is 0 Å². The van der Waals surface area contributed by atoms with E-state index in [1.54, 1.807) is 6.07 Å². The molecule has 6 heteroatoms. The van der Waals surface area contributed by atoms with Gasteiger partial charge in [-0.25, -0.2) is 8.78 Å². The Morgan fingerprint density at radius 3 is 2.67 bits per heavy atom. The molecule has 0 unspecified atom stereocenters. The number of halogens is 2. The van der Waals surface area contributed by atoms with Crippen molar-refractivity contribution in [3.8, 4) is 6.07 Å². The predicted octanol–water partition coefficient (Wildman–Crippen LogP) is 2.84. The van der Waals surface area contributed by atoms with Gasteiger partial charge in [0, 0.05) is 18.3 Å². The van der Waals surface area contributed by atoms with Gasteiger partial charge in [-0.1, -0.05) is 12.8 Å². The van der Waals surface area contributed by atoms with Crippen molar-refractivity contribution in [1.29, 1.82) is 5.26 Å². The van der Waals surface area contributed by atoms with Crippen LogP contribution in [0.5, 0.6) is 0 Å². The van der Waals surface area contributed by atoms with E-state index in [9.17, 15) is 13.6 Å². The number of hydrogen-bond donors (Lipinski definition) is 2. The minimum absolute atomic E-state index is 0.00202. The molecular weight excluding hydrogens is 276 g/mol. The van der Waals surface area contributed by atoms with E-state index in [1.165, 1.54) is 6.07 Å². The van der Waals surface area contributed by atoms with Gasteiger partial charge in [-0.05, 0) is 25.0 Å². The number of benzene rings is 1. The Balaban J connectivity index is 2.02. The molecule has 0 radical (unpaired) electrons. The second kappa shape index (κ2) is 6.84. The fraction of sp³-hybridized carbons (Fsp3) is 0.333. The van der Waals surface area contributed by atoms with E-state index in [2.05, 4.69) is 10.6 Å². The summed E-state index contributed by atoms with van der Waals surface area (Å²) in [4.78, 5) is 11.9. The molecule has 0 saturated heterocycles. The Hall–Kier alpha value is -2.42. The number of carbonyl (C=O) groups is 1. The van der Waals surface area contributed by atoms with Crippen molar-refractivity contribution in [2.24, 2.45) is 0 Å².